The third kappa shape index (κ3) is 2.09. The van der Waals surface area contributed by atoms with Crippen LogP contribution in [0.4, 0.5) is 0 Å². The Hall–Kier alpha value is -0.990. The Labute approximate surface area is 60.6 Å². The van der Waals surface area contributed by atoms with Gasteiger partial charge in [0.25, 0.3) is 0 Å². The average Bonchev–Trinajstić information content (AvgIpc) is 2.34. The van der Waals surface area contributed by atoms with Gasteiger partial charge in [-0.2, -0.15) is 0 Å². The maximum absolute atomic E-state index is 4.14. The summed E-state index contributed by atoms with van der Waals surface area (Å²) >= 11 is 0. The molecule has 0 saturated heterocycles. The van der Waals surface area contributed by atoms with Gasteiger partial charge in [-0.1, -0.05) is 13.8 Å². The number of hydrogen-bond donors (Lipinski definition) is 0. The first-order valence-corrected chi connectivity index (χ1v) is 3.40. The van der Waals surface area contributed by atoms with E-state index in [1.807, 2.05) is 0 Å². The minimum absolute atomic E-state index is 0.582. The fourth-order valence-corrected chi connectivity index (χ4v) is 0.579. The molecule has 0 atom stereocenters. The molecule has 0 bridgehead atoms. The second-order valence-corrected chi connectivity index (χ2v) is 2.59. The SMILES string of the molecule is CC(C)CN=C1N=CC=N1. The minimum Gasteiger partial charge on any atom is -0.249 e. The zero-order valence-corrected chi connectivity index (χ0v) is 6.28. The molecule has 0 aromatic carbocycles. The van der Waals surface area contributed by atoms with Crippen molar-refractivity contribution < 1.29 is 0 Å². The largest absolute Gasteiger partial charge is 0.249 e. The molecular formula is C7H11N3. The lowest BCUT2D eigenvalue weighted by atomic mass is 10.2. The van der Waals surface area contributed by atoms with E-state index in [0.29, 0.717) is 11.9 Å². The molecule has 1 aliphatic heterocycles. The van der Waals surface area contributed by atoms with Crippen LogP contribution in [-0.2, 0) is 0 Å². The molecule has 1 heterocycles. The zero-order chi connectivity index (χ0) is 7.40. The molecular weight excluding hydrogens is 126 g/mol. The van der Waals surface area contributed by atoms with E-state index in [9.17, 15) is 0 Å². The molecule has 0 saturated carbocycles. The highest BCUT2D eigenvalue weighted by Crippen LogP contribution is 1.95. The fourth-order valence-electron chi connectivity index (χ4n) is 0.579. The summed E-state index contributed by atoms with van der Waals surface area (Å²) in [5.41, 5.74) is 0. The molecule has 0 unspecified atom stereocenters. The Balaban J connectivity index is 2.40. The maximum atomic E-state index is 4.14. The van der Waals surface area contributed by atoms with Crippen LogP contribution in [0.2, 0.25) is 0 Å². The van der Waals surface area contributed by atoms with Gasteiger partial charge < -0.3 is 0 Å². The standard InChI is InChI=1S/C7H11N3/c1-6(2)5-10-7-8-3-4-9-7/h3-4,6H,5H2,1-2H3. The van der Waals surface area contributed by atoms with Crippen molar-refractivity contribution >= 4 is 18.4 Å². The molecule has 1 rings (SSSR count). The van der Waals surface area contributed by atoms with E-state index >= 15 is 0 Å². The lowest BCUT2D eigenvalue weighted by Gasteiger charge is -1.96. The van der Waals surface area contributed by atoms with Gasteiger partial charge in [-0.05, 0) is 5.92 Å². The van der Waals surface area contributed by atoms with Gasteiger partial charge >= 0.3 is 0 Å². The summed E-state index contributed by atoms with van der Waals surface area (Å²) in [4.78, 5) is 12.0. The van der Waals surface area contributed by atoms with Crippen LogP contribution in [0.5, 0.6) is 0 Å². The third-order valence-electron chi connectivity index (χ3n) is 1.04. The number of rotatable bonds is 2. The summed E-state index contributed by atoms with van der Waals surface area (Å²) in [5.74, 6) is 1.19. The van der Waals surface area contributed by atoms with Crippen molar-refractivity contribution in [3.05, 3.63) is 0 Å². The van der Waals surface area contributed by atoms with Gasteiger partial charge in [0.15, 0.2) is 0 Å². The first-order chi connectivity index (χ1) is 4.79. The molecule has 0 fully saturated rings. The van der Waals surface area contributed by atoms with Crippen molar-refractivity contribution in [3.8, 4) is 0 Å². The third-order valence-corrected chi connectivity index (χ3v) is 1.04. The number of hydrogen-bond acceptors (Lipinski definition) is 1. The number of guanidine groups is 1. The molecule has 0 N–H and O–H groups in total. The highest BCUT2D eigenvalue weighted by atomic mass is 15.1. The van der Waals surface area contributed by atoms with Crippen LogP contribution in [0.3, 0.4) is 0 Å². The Bertz CT molecular complexity index is 175. The zero-order valence-electron chi connectivity index (χ0n) is 6.28. The second kappa shape index (κ2) is 3.25. The summed E-state index contributed by atoms with van der Waals surface area (Å²) in [7, 11) is 0. The summed E-state index contributed by atoms with van der Waals surface area (Å²) in [6, 6.07) is 0. The van der Waals surface area contributed by atoms with Crippen LogP contribution in [0.15, 0.2) is 15.0 Å². The molecule has 0 aliphatic carbocycles. The molecule has 0 amide bonds. The normalized spacial score (nSPS) is 15.3. The lowest BCUT2D eigenvalue weighted by molar-refractivity contribution is 0.665. The van der Waals surface area contributed by atoms with Crippen LogP contribution in [0, 0.1) is 5.92 Å². The molecule has 0 spiro atoms. The van der Waals surface area contributed by atoms with Gasteiger partial charge in [-0.3, -0.25) is 0 Å². The Morgan fingerprint density at radius 2 is 2.00 bits per heavy atom. The van der Waals surface area contributed by atoms with Crippen molar-refractivity contribution in [2.24, 2.45) is 20.9 Å². The predicted molar refractivity (Wildman–Crippen MR) is 44.1 cm³/mol. The van der Waals surface area contributed by atoms with Gasteiger partial charge in [0.05, 0.1) is 0 Å². The van der Waals surface area contributed by atoms with E-state index in [1.165, 1.54) is 0 Å². The predicted octanol–water partition coefficient (Wildman–Crippen LogP) is 1.15. The molecule has 3 nitrogen and oxygen atoms in total. The Morgan fingerprint density at radius 1 is 1.40 bits per heavy atom. The van der Waals surface area contributed by atoms with Crippen molar-refractivity contribution in [2.75, 3.05) is 6.54 Å². The van der Waals surface area contributed by atoms with Gasteiger partial charge in [0.2, 0.25) is 5.96 Å². The van der Waals surface area contributed by atoms with Gasteiger partial charge in [-0.25, -0.2) is 15.0 Å². The van der Waals surface area contributed by atoms with E-state index in [0.717, 1.165) is 6.54 Å². The average molecular weight is 137 g/mol. The van der Waals surface area contributed by atoms with Crippen LogP contribution in [-0.4, -0.2) is 24.9 Å². The van der Waals surface area contributed by atoms with Gasteiger partial charge in [-0.15, -0.1) is 0 Å². The first kappa shape index (κ1) is 7.12. The van der Waals surface area contributed by atoms with Crippen molar-refractivity contribution in [2.45, 2.75) is 13.8 Å². The molecule has 0 aromatic rings. The molecule has 54 valence electrons. The quantitative estimate of drug-likeness (QED) is 0.547. The minimum atomic E-state index is 0.582. The molecule has 0 radical (unpaired) electrons. The number of aliphatic imine (C=N–C) groups is 3. The summed E-state index contributed by atoms with van der Waals surface area (Å²) in [6.07, 6.45) is 3.30. The second-order valence-electron chi connectivity index (χ2n) is 2.59. The van der Waals surface area contributed by atoms with E-state index in [-0.39, 0.29) is 0 Å². The lowest BCUT2D eigenvalue weighted by Crippen LogP contribution is -1.95. The topological polar surface area (TPSA) is 37.1 Å². The van der Waals surface area contributed by atoms with Crippen LogP contribution >= 0.6 is 0 Å². The van der Waals surface area contributed by atoms with Crippen LogP contribution < -0.4 is 0 Å². The monoisotopic (exact) mass is 137 g/mol. The summed E-state index contributed by atoms with van der Waals surface area (Å²) in [6.45, 7) is 5.04. The summed E-state index contributed by atoms with van der Waals surface area (Å²) < 4.78 is 0. The number of nitrogens with zero attached hydrogens (tertiary/aromatic N) is 3. The Kier molecular flexibility index (Phi) is 2.31. The molecule has 0 aromatic heterocycles. The van der Waals surface area contributed by atoms with Crippen molar-refractivity contribution in [1.29, 1.82) is 0 Å². The first-order valence-electron chi connectivity index (χ1n) is 3.40. The van der Waals surface area contributed by atoms with E-state index < -0.39 is 0 Å². The highest BCUT2D eigenvalue weighted by molar-refractivity contribution is 6.26. The van der Waals surface area contributed by atoms with Crippen molar-refractivity contribution in [1.82, 2.24) is 0 Å². The molecule has 1 aliphatic rings. The van der Waals surface area contributed by atoms with Crippen LogP contribution in [0.25, 0.3) is 0 Å². The summed E-state index contributed by atoms with van der Waals surface area (Å²) in [5, 5.41) is 0. The van der Waals surface area contributed by atoms with Gasteiger partial charge in [0.1, 0.15) is 0 Å². The maximum Gasteiger partial charge on any atom is 0.244 e. The molecule has 10 heavy (non-hydrogen) atoms. The van der Waals surface area contributed by atoms with Gasteiger partial charge in [0, 0.05) is 19.0 Å². The smallest absolute Gasteiger partial charge is 0.244 e. The molecule has 3 heteroatoms. The van der Waals surface area contributed by atoms with Crippen molar-refractivity contribution in [3.63, 3.8) is 0 Å². The van der Waals surface area contributed by atoms with E-state index in [1.54, 1.807) is 12.4 Å². The Morgan fingerprint density at radius 3 is 2.50 bits per heavy atom. The fraction of sp³-hybridized carbons (Fsp3) is 0.571. The van der Waals surface area contributed by atoms with Crippen LogP contribution in [0.1, 0.15) is 13.8 Å². The van der Waals surface area contributed by atoms with E-state index in [4.69, 9.17) is 0 Å². The highest BCUT2D eigenvalue weighted by Gasteiger charge is 1.96. The van der Waals surface area contributed by atoms with E-state index in [2.05, 4.69) is 28.8 Å².